The van der Waals surface area contributed by atoms with Crippen molar-refractivity contribution in [3.8, 4) is 0 Å². The lowest BCUT2D eigenvalue weighted by Crippen LogP contribution is -2.28. The molecule has 1 aromatic heterocycles. The summed E-state index contributed by atoms with van der Waals surface area (Å²) in [7, 11) is 0. The fourth-order valence-electron chi connectivity index (χ4n) is 2.46. The third-order valence-corrected chi connectivity index (χ3v) is 3.90. The van der Waals surface area contributed by atoms with Crippen LogP contribution in [0.4, 0.5) is 5.82 Å². The molecular formula is C13H18ClN3O. The van der Waals surface area contributed by atoms with E-state index in [1.54, 1.807) is 6.07 Å². The highest BCUT2D eigenvalue weighted by Gasteiger charge is 2.27. The smallest absolute Gasteiger partial charge is 0.135 e. The summed E-state index contributed by atoms with van der Waals surface area (Å²) in [4.78, 5) is 8.81. The quantitative estimate of drug-likeness (QED) is 0.827. The first-order valence-electron chi connectivity index (χ1n) is 6.70. The van der Waals surface area contributed by atoms with Gasteiger partial charge in [0, 0.05) is 18.0 Å². The molecule has 0 saturated heterocycles. The number of nitrogens with zero attached hydrogens (tertiary/aromatic N) is 2. The van der Waals surface area contributed by atoms with Crippen LogP contribution in [0.15, 0.2) is 6.07 Å². The van der Waals surface area contributed by atoms with E-state index < -0.39 is 0 Å². The van der Waals surface area contributed by atoms with Gasteiger partial charge in [-0.3, -0.25) is 0 Å². The van der Waals surface area contributed by atoms with Crippen LogP contribution in [0.3, 0.4) is 0 Å². The molecule has 5 heteroatoms. The number of aliphatic hydroxyl groups is 1. The Hall–Kier alpha value is -0.870. The molecule has 0 amide bonds. The number of hydrogen-bond acceptors (Lipinski definition) is 4. The molecule has 0 atom stereocenters. The number of anilines is 1. The lowest BCUT2D eigenvalue weighted by Gasteiger charge is -2.26. The summed E-state index contributed by atoms with van der Waals surface area (Å²) in [5.41, 5.74) is 0. The molecule has 2 aliphatic carbocycles. The number of halogens is 1. The number of aromatic nitrogens is 2. The minimum absolute atomic E-state index is 0.126. The van der Waals surface area contributed by atoms with E-state index in [1.165, 1.54) is 12.8 Å². The van der Waals surface area contributed by atoms with Crippen LogP contribution in [0.5, 0.6) is 0 Å². The Morgan fingerprint density at radius 2 is 1.83 bits per heavy atom. The predicted molar refractivity (Wildman–Crippen MR) is 70.9 cm³/mol. The Morgan fingerprint density at radius 1 is 1.11 bits per heavy atom. The van der Waals surface area contributed by atoms with E-state index in [9.17, 15) is 5.11 Å². The molecule has 1 aromatic rings. The monoisotopic (exact) mass is 267 g/mol. The average molecular weight is 268 g/mol. The summed E-state index contributed by atoms with van der Waals surface area (Å²) < 4.78 is 0. The number of hydrogen-bond donors (Lipinski definition) is 2. The van der Waals surface area contributed by atoms with Gasteiger partial charge in [-0.05, 0) is 38.5 Å². The van der Waals surface area contributed by atoms with Crippen molar-refractivity contribution < 1.29 is 5.11 Å². The van der Waals surface area contributed by atoms with Gasteiger partial charge in [-0.2, -0.15) is 0 Å². The summed E-state index contributed by atoms with van der Waals surface area (Å²) in [6, 6.07) is 2.18. The van der Waals surface area contributed by atoms with Crippen LogP contribution in [0.25, 0.3) is 0 Å². The van der Waals surface area contributed by atoms with Gasteiger partial charge in [0.25, 0.3) is 0 Å². The molecule has 0 aromatic carbocycles. The van der Waals surface area contributed by atoms with Crippen molar-refractivity contribution in [2.45, 2.75) is 56.6 Å². The van der Waals surface area contributed by atoms with E-state index in [4.69, 9.17) is 11.6 Å². The predicted octanol–water partition coefficient (Wildman–Crippen LogP) is 2.72. The van der Waals surface area contributed by atoms with Crippen molar-refractivity contribution in [2.24, 2.45) is 0 Å². The highest BCUT2D eigenvalue weighted by atomic mass is 35.5. The summed E-state index contributed by atoms with van der Waals surface area (Å²) in [6.45, 7) is 0. The molecule has 2 saturated carbocycles. The maximum absolute atomic E-state index is 9.49. The Morgan fingerprint density at radius 3 is 2.50 bits per heavy atom. The van der Waals surface area contributed by atoms with Crippen molar-refractivity contribution >= 4 is 17.4 Å². The zero-order valence-corrected chi connectivity index (χ0v) is 11.0. The van der Waals surface area contributed by atoms with Crippen LogP contribution in [-0.4, -0.2) is 27.2 Å². The van der Waals surface area contributed by atoms with E-state index in [2.05, 4.69) is 15.3 Å². The van der Waals surface area contributed by atoms with E-state index in [-0.39, 0.29) is 6.10 Å². The Kier molecular flexibility index (Phi) is 3.39. The Balaban J connectivity index is 1.68. The van der Waals surface area contributed by atoms with Gasteiger partial charge in [0.05, 0.1) is 6.10 Å². The van der Waals surface area contributed by atoms with Crippen LogP contribution < -0.4 is 5.32 Å². The van der Waals surface area contributed by atoms with E-state index in [0.717, 1.165) is 37.3 Å². The number of nitrogens with one attached hydrogen (secondary N) is 1. The highest BCUT2D eigenvalue weighted by Crippen LogP contribution is 2.38. The summed E-state index contributed by atoms with van der Waals surface area (Å²) in [6.07, 6.45) is 5.94. The van der Waals surface area contributed by atoms with E-state index in [0.29, 0.717) is 17.1 Å². The fourth-order valence-corrected chi connectivity index (χ4v) is 2.65. The molecule has 0 radical (unpaired) electrons. The lowest BCUT2D eigenvalue weighted by atomic mass is 9.93. The van der Waals surface area contributed by atoms with Crippen LogP contribution in [0.2, 0.25) is 5.15 Å². The van der Waals surface area contributed by atoms with E-state index in [1.807, 2.05) is 0 Å². The molecule has 2 N–H and O–H groups in total. The molecule has 2 aliphatic rings. The highest BCUT2D eigenvalue weighted by molar-refractivity contribution is 6.29. The van der Waals surface area contributed by atoms with Crippen molar-refractivity contribution in [3.05, 3.63) is 17.0 Å². The fraction of sp³-hybridized carbons (Fsp3) is 0.692. The van der Waals surface area contributed by atoms with Gasteiger partial charge in [0.2, 0.25) is 0 Å². The first-order chi connectivity index (χ1) is 8.70. The van der Waals surface area contributed by atoms with Gasteiger partial charge >= 0.3 is 0 Å². The minimum atomic E-state index is -0.126. The molecule has 98 valence electrons. The molecule has 0 unspecified atom stereocenters. The largest absolute Gasteiger partial charge is 0.393 e. The lowest BCUT2D eigenvalue weighted by molar-refractivity contribution is 0.126. The molecule has 4 nitrogen and oxygen atoms in total. The second kappa shape index (κ2) is 5.02. The minimum Gasteiger partial charge on any atom is -0.393 e. The Labute approximate surface area is 112 Å². The molecule has 0 bridgehead atoms. The van der Waals surface area contributed by atoms with Gasteiger partial charge in [-0.1, -0.05) is 11.6 Å². The molecule has 2 fully saturated rings. The van der Waals surface area contributed by atoms with Crippen LogP contribution in [-0.2, 0) is 0 Å². The van der Waals surface area contributed by atoms with Crippen LogP contribution >= 0.6 is 11.6 Å². The SMILES string of the molecule is OC1CCC(Nc2cc(Cl)nc(C3CC3)n2)CC1. The molecule has 3 rings (SSSR count). The summed E-state index contributed by atoms with van der Waals surface area (Å²) in [5, 5.41) is 13.4. The first-order valence-corrected chi connectivity index (χ1v) is 7.07. The molecule has 18 heavy (non-hydrogen) atoms. The topological polar surface area (TPSA) is 58.0 Å². The zero-order chi connectivity index (χ0) is 12.5. The first kappa shape index (κ1) is 12.2. The number of aliphatic hydroxyl groups excluding tert-OH is 1. The maximum Gasteiger partial charge on any atom is 0.135 e. The summed E-state index contributed by atoms with van der Waals surface area (Å²) in [5.74, 6) is 2.22. The van der Waals surface area contributed by atoms with Gasteiger partial charge in [0.15, 0.2) is 0 Å². The normalized spacial score (nSPS) is 28.1. The third-order valence-electron chi connectivity index (χ3n) is 3.70. The Bertz CT molecular complexity index is 428. The van der Waals surface area contributed by atoms with Gasteiger partial charge in [0.1, 0.15) is 16.8 Å². The second-order valence-electron chi connectivity index (χ2n) is 5.36. The van der Waals surface area contributed by atoms with Gasteiger partial charge < -0.3 is 10.4 Å². The molecule has 0 aliphatic heterocycles. The third kappa shape index (κ3) is 2.93. The van der Waals surface area contributed by atoms with Crippen LogP contribution in [0, 0.1) is 0 Å². The zero-order valence-electron chi connectivity index (χ0n) is 10.3. The second-order valence-corrected chi connectivity index (χ2v) is 5.75. The van der Waals surface area contributed by atoms with Crippen molar-refractivity contribution in [2.75, 3.05) is 5.32 Å². The molecule has 0 spiro atoms. The van der Waals surface area contributed by atoms with Gasteiger partial charge in [-0.25, -0.2) is 9.97 Å². The van der Waals surface area contributed by atoms with Crippen molar-refractivity contribution in [3.63, 3.8) is 0 Å². The van der Waals surface area contributed by atoms with Crippen molar-refractivity contribution in [1.82, 2.24) is 9.97 Å². The standard InChI is InChI=1S/C13H18ClN3O/c14-11-7-12(17-13(16-11)8-1-2-8)15-9-3-5-10(18)6-4-9/h7-10,18H,1-6H2,(H,15,16,17). The number of rotatable bonds is 3. The summed E-state index contributed by atoms with van der Waals surface area (Å²) >= 11 is 6.03. The average Bonchev–Trinajstić information content (AvgIpc) is 3.15. The van der Waals surface area contributed by atoms with Crippen molar-refractivity contribution in [1.29, 1.82) is 0 Å². The maximum atomic E-state index is 9.49. The molecular weight excluding hydrogens is 250 g/mol. The van der Waals surface area contributed by atoms with E-state index >= 15 is 0 Å². The molecule has 1 heterocycles. The van der Waals surface area contributed by atoms with Crippen LogP contribution in [0.1, 0.15) is 50.3 Å². The van der Waals surface area contributed by atoms with Gasteiger partial charge in [-0.15, -0.1) is 0 Å².